The summed E-state index contributed by atoms with van der Waals surface area (Å²) >= 11 is 0. The van der Waals surface area contributed by atoms with Crippen LogP contribution < -0.4 is 0 Å². The quantitative estimate of drug-likeness (QED) is 0.637. The van der Waals surface area contributed by atoms with Crippen LogP contribution in [-0.2, 0) is 11.8 Å². The minimum absolute atomic E-state index is 0.171. The van der Waals surface area contributed by atoms with Crippen molar-refractivity contribution in [1.82, 2.24) is 14.8 Å². The molecule has 0 aliphatic rings. The van der Waals surface area contributed by atoms with Crippen molar-refractivity contribution in [2.24, 2.45) is 7.05 Å². The molecule has 0 aromatic carbocycles. The number of nitrogens with zero attached hydrogens (tertiary/aromatic N) is 3. The third-order valence-corrected chi connectivity index (χ3v) is 1.97. The highest BCUT2D eigenvalue weighted by Gasteiger charge is 2.31. The number of aromatic nitrogens is 3. The molecule has 0 saturated carbocycles. The Hall–Kier alpha value is -1.23. The lowest BCUT2D eigenvalue weighted by molar-refractivity contribution is 0.0215. The van der Waals surface area contributed by atoms with E-state index in [0.717, 1.165) is 0 Å². The highest BCUT2D eigenvalue weighted by Crippen LogP contribution is 2.13. The van der Waals surface area contributed by atoms with Gasteiger partial charge in [0.25, 0.3) is 0 Å². The normalized spacial score (nSPS) is 11.7. The monoisotopic (exact) mass is 183 g/mol. The Morgan fingerprint density at radius 2 is 2.23 bits per heavy atom. The standard InChI is InChI=1S/C8H13N3O2/c1-8(2,13-4)6(12)7-9-5-10-11(7)3/h5H,1-4H3. The maximum Gasteiger partial charge on any atom is 0.230 e. The van der Waals surface area contributed by atoms with Crippen LogP contribution in [0, 0.1) is 0 Å². The molecule has 0 amide bonds. The number of carbonyl (C=O) groups excluding carboxylic acids is 1. The number of Topliss-reactive ketones (excluding diaryl/α,β-unsaturated/α-hetero) is 1. The largest absolute Gasteiger partial charge is 0.371 e. The van der Waals surface area contributed by atoms with Crippen molar-refractivity contribution < 1.29 is 9.53 Å². The lowest BCUT2D eigenvalue weighted by Gasteiger charge is -2.19. The van der Waals surface area contributed by atoms with Crippen LogP contribution in [0.1, 0.15) is 24.5 Å². The van der Waals surface area contributed by atoms with Gasteiger partial charge in [-0.3, -0.25) is 4.79 Å². The molecule has 72 valence electrons. The summed E-state index contributed by atoms with van der Waals surface area (Å²) in [5.74, 6) is 0.141. The second kappa shape index (κ2) is 3.26. The molecule has 0 saturated heterocycles. The number of rotatable bonds is 3. The Morgan fingerprint density at radius 3 is 2.62 bits per heavy atom. The summed E-state index contributed by atoms with van der Waals surface area (Å²) in [5.41, 5.74) is -0.846. The van der Waals surface area contributed by atoms with E-state index < -0.39 is 5.60 Å². The van der Waals surface area contributed by atoms with Gasteiger partial charge in [0.05, 0.1) is 0 Å². The van der Waals surface area contributed by atoms with Crippen LogP contribution in [0.2, 0.25) is 0 Å². The van der Waals surface area contributed by atoms with E-state index in [2.05, 4.69) is 10.1 Å². The van der Waals surface area contributed by atoms with E-state index in [4.69, 9.17) is 4.74 Å². The van der Waals surface area contributed by atoms with Gasteiger partial charge in [-0.05, 0) is 13.8 Å². The summed E-state index contributed by atoms with van der Waals surface area (Å²) in [6, 6.07) is 0. The predicted octanol–water partition coefficient (Wildman–Crippen LogP) is 0.423. The summed E-state index contributed by atoms with van der Waals surface area (Å²) < 4.78 is 6.48. The van der Waals surface area contributed by atoms with Crippen LogP contribution in [0.3, 0.4) is 0 Å². The van der Waals surface area contributed by atoms with Gasteiger partial charge in [-0.2, -0.15) is 5.10 Å². The van der Waals surface area contributed by atoms with E-state index in [-0.39, 0.29) is 5.78 Å². The first-order valence-electron chi connectivity index (χ1n) is 3.93. The maximum atomic E-state index is 11.7. The summed E-state index contributed by atoms with van der Waals surface area (Å²) in [7, 11) is 3.17. The summed E-state index contributed by atoms with van der Waals surface area (Å²) in [6.45, 7) is 3.40. The first-order chi connectivity index (χ1) is 5.99. The van der Waals surface area contributed by atoms with Crippen molar-refractivity contribution in [3.05, 3.63) is 12.2 Å². The Kier molecular flexibility index (Phi) is 2.47. The van der Waals surface area contributed by atoms with Gasteiger partial charge in [-0.15, -0.1) is 0 Å². The summed E-state index contributed by atoms with van der Waals surface area (Å²) in [6.07, 6.45) is 1.35. The van der Waals surface area contributed by atoms with Gasteiger partial charge < -0.3 is 4.74 Å². The van der Waals surface area contributed by atoms with Gasteiger partial charge in [0.15, 0.2) is 5.82 Å². The van der Waals surface area contributed by atoms with E-state index in [0.29, 0.717) is 5.82 Å². The molecule has 1 heterocycles. The van der Waals surface area contributed by atoms with Crippen molar-refractivity contribution in [3.63, 3.8) is 0 Å². The molecule has 5 heteroatoms. The Bertz CT molecular complexity index is 317. The third kappa shape index (κ3) is 1.75. The van der Waals surface area contributed by atoms with Gasteiger partial charge in [0.1, 0.15) is 11.9 Å². The van der Waals surface area contributed by atoms with Gasteiger partial charge in [-0.25, -0.2) is 9.67 Å². The van der Waals surface area contributed by atoms with Gasteiger partial charge in [0, 0.05) is 14.2 Å². The predicted molar refractivity (Wildman–Crippen MR) is 46.4 cm³/mol. The second-order valence-electron chi connectivity index (χ2n) is 3.25. The number of ether oxygens (including phenoxy) is 1. The zero-order valence-corrected chi connectivity index (χ0v) is 8.24. The van der Waals surface area contributed by atoms with Crippen LogP contribution >= 0.6 is 0 Å². The van der Waals surface area contributed by atoms with Crippen LogP contribution in [-0.4, -0.2) is 33.3 Å². The van der Waals surface area contributed by atoms with Gasteiger partial charge in [0.2, 0.25) is 5.78 Å². The Morgan fingerprint density at radius 1 is 1.62 bits per heavy atom. The molecule has 0 aliphatic heterocycles. The molecule has 0 unspecified atom stereocenters. The number of methoxy groups -OCH3 is 1. The maximum absolute atomic E-state index is 11.7. The van der Waals surface area contributed by atoms with Crippen molar-refractivity contribution in [2.45, 2.75) is 19.4 Å². The van der Waals surface area contributed by atoms with Crippen LogP contribution in [0.4, 0.5) is 0 Å². The molecule has 0 radical (unpaired) electrons. The molecule has 5 nitrogen and oxygen atoms in total. The highest BCUT2D eigenvalue weighted by molar-refractivity contribution is 5.98. The number of carbonyl (C=O) groups is 1. The molecule has 0 bridgehead atoms. The molecule has 13 heavy (non-hydrogen) atoms. The molecule has 1 rings (SSSR count). The molecular weight excluding hydrogens is 170 g/mol. The molecule has 0 aliphatic carbocycles. The smallest absolute Gasteiger partial charge is 0.230 e. The van der Waals surface area contributed by atoms with E-state index in [1.54, 1.807) is 20.9 Å². The van der Waals surface area contributed by atoms with E-state index >= 15 is 0 Å². The Balaban J connectivity index is 2.98. The molecule has 1 aromatic rings. The van der Waals surface area contributed by atoms with Crippen LogP contribution in [0.15, 0.2) is 6.33 Å². The zero-order valence-electron chi connectivity index (χ0n) is 8.24. The van der Waals surface area contributed by atoms with Gasteiger partial charge >= 0.3 is 0 Å². The highest BCUT2D eigenvalue weighted by atomic mass is 16.5. The fraction of sp³-hybridized carbons (Fsp3) is 0.625. The number of hydrogen-bond acceptors (Lipinski definition) is 4. The minimum Gasteiger partial charge on any atom is -0.371 e. The zero-order chi connectivity index (χ0) is 10.1. The number of ketones is 1. The Labute approximate surface area is 76.7 Å². The lowest BCUT2D eigenvalue weighted by atomic mass is 10.0. The first kappa shape index (κ1) is 9.85. The molecule has 0 spiro atoms. The van der Waals surface area contributed by atoms with Crippen LogP contribution in [0.25, 0.3) is 0 Å². The van der Waals surface area contributed by atoms with Crippen molar-refractivity contribution >= 4 is 5.78 Å². The van der Waals surface area contributed by atoms with Crippen molar-refractivity contribution in [1.29, 1.82) is 0 Å². The first-order valence-corrected chi connectivity index (χ1v) is 3.93. The average Bonchev–Trinajstić information content (AvgIpc) is 2.50. The fourth-order valence-corrected chi connectivity index (χ4v) is 0.864. The number of aryl methyl sites for hydroxylation is 1. The van der Waals surface area contributed by atoms with E-state index in [9.17, 15) is 4.79 Å². The van der Waals surface area contributed by atoms with E-state index in [1.807, 2.05) is 0 Å². The second-order valence-corrected chi connectivity index (χ2v) is 3.25. The summed E-state index contributed by atoms with van der Waals surface area (Å²) in [5, 5.41) is 3.81. The molecular formula is C8H13N3O2. The van der Waals surface area contributed by atoms with Crippen molar-refractivity contribution in [2.75, 3.05) is 7.11 Å². The summed E-state index contributed by atoms with van der Waals surface area (Å²) in [4.78, 5) is 15.6. The molecule has 0 atom stereocenters. The van der Waals surface area contributed by atoms with Crippen molar-refractivity contribution in [3.8, 4) is 0 Å². The average molecular weight is 183 g/mol. The SMILES string of the molecule is COC(C)(C)C(=O)c1ncnn1C. The molecule has 1 aromatic heterocycles. The minimum atomic E-state index is -0.846. The van der Waals surface area contributed by atoms with Crippen LogP contribution in [0.5, 0.6) is 0 Å². The lowest BCUT2D eigenvalue weighted by Crippen LogP contribution is -2.35. The number of hydrogen-bond donors (Lipinski definition) is 0. The van der Waals surface area contributed by atoms with E-state index in [1.165, 1.54) is 18.1 Å². The topological polar surface area (TPSA) is 57.0 Å². The van der Waals surface area contributed by atoms with Gasteiger partial charge in [-0.1, -0.05) is 0 Å². The molecule has 0 fully saturated rings. The fourth-order valence-electron chi connectivity index (χ4n) is 0.864. The third-order valence-electron chi connectivity index (χ3n) is 1.97. The molecule has 0 N–H and O–H groups in total.